The number of carboxylic acid groups (broad SMARTS) is 1. The number of carbonyl (C=O) groups is 1. The number of benzene rings is 1. The fourth-order valence-corrected chi connectivity index (χ4v) is 10.9. The first-order chi connectivity index (χ1) is 12.6. The smallest absolute Gasteiger partial charge is 0.337 e. The Balaban J connectivity index is 4.19. The highest BCUT2D eigenvalue weighted by Crippen LogP contribution is 2.34. The molecule has 1 unspecified atom stereocenters. The average molecular weight is 473 g/mol. The summed E-state index contributed by atoms with van der Waals surface area (Å²) in [5.74, 6) is 0.0734. The largest absolute Gasteiger partial charge is 0.544 e. The molecule has 0 aliphatic carbocycles. The highest BCUT2D eigenvalue weighted by atomic mass is 28.4. The molecule has 1 aromatic rings. The van der Waals surface area contributed by atoms with Gasteiger partial charge in [-0.25, -0.2) is 4.79 Å². The zero-order valence-corrected chi connectivity index (χ0v) is 24.3. The summed E-state index contributed by atoms with van der Waals surface area (Å²) < 4.78 is 13.0. The maximum absolute atomic E-state index is 11.8. The lowest BCUT2D eigenvalue weighted by Crippen LogP contribution is -2.59. The van der Waals surface area contributed by atoms with Gasteiger partial charge in [-0.2, -0.15) is 0 Å². The second-order valence-corrected chi connectivity index (χ2v) is 30.6. The lowest BCUT2D eigenvalue weighted by Gasteiger charge is -2.37. The van der Waals surface area contributed by atoms with Gasteiger partial charge in [0.05, 0.1) is 16.1 Å². The SMILES string of the molecule is C[Si](C)(C)Oc1cc(C(O)C(=O)O)c(O[Si](C)(C)C)c([Si](C)(C)C)c1[Si](C)(C)C. The van der Waals surface area contributed by atoms with Crippen molar-refractivity contribution in [2.75, 3.05) is 0 Å². The van der Waals surface area contributed by atoms with Crippen LogP contribution in [0.25, 0.3) is 0 Å². The monoisotopic (exact) mass is 472 g/mol. The van der Waals surface area contributed by atoms with Gasteiger partial charge in [-0.1, -0.05) is 39.3 Å². The van der Waals surface area contributed by atoms with E-state index >= 15 is 0 Å². The Bertz CT molecular complexity index is 766. The summed E-state index contributed by atoms with van der Waals surface area (Å²) in [4.78, 5) is 11.8. The Morgan fingerprint density at radius 2 is 1.21 bits per heavy atom. The molecule has 1 atom stereocenters. The molecule has 0 aliphatic rings. The standard InChI is InChI=1S/C20H40O5Si4/c1-26(2,3)18-15(24-28(7,8)9)13-14(16(21)20(22)23)17(25-29(10,11)12)19(18)27(4,5)6/h13,16,21H,1-12H3,(H,22,23). The van der Waals surface area contributed by atoms with Gasteiger partial charge < -0.3 is 19.1 Å². The van der Waals surface area contributed by atoms with Gasteiger partial charge in [0.2, 0.25) is 16.6 Å². The van der Waals surface area contributed by atoms with E-state index in [0.29, 0.717) is 11.3 Å². The van der Waals surface area contributed by atoms with Crippen LogP contribution in [0.2, 0.25) is 78.6 Å². The zero-order valence-electron chi connectivity index (χ0n) is 20.3. The Labute approximate surface area is 180 Å². The summed E-state index contributed by atoms with van der Waals surface area (Å²) in [6, 6.07) is 1.75. The topological polar surface area (TPSA) is 76.0 Å². The molecular weight excluding hydrogens is 433 g/mol. The second-order valence-electron chi connectivity index (χ2n) is 11.7. The van der Waals surface area contributed by atoms with Crippen molar-refractivity contribution in [2.24, 2.45) is 0 Å². The third-order valence-electron chi connectivity index (χ3n) is 4.13. The van der Waals surface area contributed by atoms with Crippen molar-refractivity contribution in [1.29, 1.82) is 0 Å². The van der Waals surface area contributed by atoms with Crippen LogP contribution in [-0.4, -0.2) is 49.0 Å². The molecule has 166 valence electrons. The van der Waals surface area contributed by atoms with Crippen LogP contribution in [0.5, 0.6) is 11.5 Å². The molecule has 0 saturated carbocycles. The van der Waals surface area contributed by atoms with Crippen molar-refractivity contribution in [3.05, 3.63) is 11.6 Å². The minimum atomic E-state index is -2.07. The van der Waals surface area contributed by atoms with Gasteiger partial charge in [-0.15, -0.1) is 0 Å². The molecule has 0 bridgehead atoms. The van der Waals surface area contributed by atoms with Crippen molar-refractivity contribution < 1.29 is 23.9 Å². The van der Waals surface area contributed by atoms with Crippen molar-refractivity contribution in [3.63, 3.8) is 0 Å². The van der Waals surface area contributed by atoms with Crippen LogP contribution in [0.3, 0.4) is 0 Å². The van der Waals surface area contributed by atoms with Gasteiger partial charge in [0.1, 0.15) is 11.5 Å². The Kier molecular flexibility index (Phi) is 7.51. The zero-order chi connectivity index (χ0) is 23.2. The first-order valence-electron chi connectivity index (χ1n) is 10.2. The van der Waals surface area contributed by atoms with Crippen LogP contribution in [0.4, 0.5) is 0 Å². The van der Waals surface area contributed by atoms with Crippen molar-refractivity contribution >= 4 is 49.1 Å². The third kappa shape index (κ3) is 7.09. The van der Waals surface area contributed by atoms with Crippen LogP contribution < -0.4 is 19.2 Å². The first-order valence-corrected chi connectivity index (χ1v) is 24.0. The summed E-state index contributed by atoms with van der Waals surface area (Å²) in [5.41, 5.74) is 0.326. The number of carboxylic acids is 1. The van der Waals surface area contributed by atoms with E-state index in [2.05, 4.69) is 78.6 Å². The fourth-order valence-electron chi connectivity index (χ4n) is 3.28. The predicted octanol–water partition coefficient (Wildman–Crippen LogP) is 4.32. The lowest BCUT2D eigenvalue weighted by atomic mass is 10.1. The Morgan fingerprint density at radius 1 is 0.793 bits per heavy atom. The van der Waals surface area contributed by atoms with E-state index in [-0.39, 0.29) is 0 Å². The molecule has 29 heavy (non-hydrogen) atoms. The van der Waals surface area contributed by atoms with Gasteiger partial charge in [-0.3, -0.25) is 0 Å². The number of hydrogen-bond acceptors (Lipinski definition) is 4. The van der Waals surface area contributed by atoms with Crippen LogP contribution in [0.1, 0.15) is 11.7 Å². The number of rotatable bonds is 8. The predicted molar refractivity (Wildman–Crippen MR) is 133 cm³/mol. The van der Waals surface area contributed by atoms with Crippen molar-refractivity contribution in [1.82, 2.24) is 0 Å². The van der Waals surface area contributed by atoms with Gasteiger partial charge in [0, 0.05) is 5.56 Å². The van der Waals surface area contributed by atoms with Crippen molar-refractivity contribution in [2.45, 2.75) is 84.7 Å². The van der Waals surface area contributed by atoms with Gasteiger partial charge in [-0.05, 0) is 55.7 Å². The molecule has 9 heteroatoms. The van der Waals surface area contributed by atoms with Gasteiger partial charge in [0.25, 0.3) is 0 Å². The first kappa shape index (κ1) is 26.2. The quantitative estimate of drug-likeness (QED) is 0.551. The molecule has 0 aliphatic heterocycles. The summed E-state index contributed by atoms with van der Waals surface area (Å²) in [6.45, 7) is 26.2. The maximum atomic E-state index is 11.8. The number of aliphatic hydroxyl groups excluding tert-OH is 1. The summed E-state index contributed by atoms with van der Waals surface area (Å²) in [7, 11) is -7.90. The van der Waals surface area contributed by atoms with Gasteiger partial charge >= 0.3 is 5.97 Å². The summed E-state index contributed by atoms with van der Waals surface area (Å²) in [5, 5.41) is 22.5. The molecule has 5 nitrogen and oxygen atoms in total. The Hall–Kier alpha value is -0.882. The molecule has 0 spiro atoms. The van der Waals surface area contributed by atoms with Crippen LogP contribution in [-0.2, 0) is 4.79 Å². The normalized spacial score (nSPS) is 14.5. The van der Waals surface area contributed by atoms with E-state index in [1.165, 1.54) is 5.19 Å². The number of aliphatic carboxylic acids is 1. The minimum Gasteiger partial charge on any atom is -0.544 e. The molecule has 0 aromatic heterocycles. The number of aliphatic hydroxyl groups is 1. The van der Waals surface area contributed by atoms with E-state index < -0.39 is 44.9 Å². The molecular formula is C20H40O5Si4. The van der Waals surface area contributed by atoms with Crippen LogP contribution in [0.15, 0.2) is 6.07 Å². The third-order valence-corrected chi connectivity index (χ3v) is 10.00. The average Bonchev–Trinajstić information content (AvgIpc) is 2.41. The van der Waals surface area contributed by atoms with E-state index in [1.54, 1.807) is 6.07 Å². The van der Waals surface area contributed by atoms with Crippen molar-refractivity contribution in [3.8, 4) is 11.5 Å². The molecule has 1 aromatic carbocycles. The van der Waals surface area contributed by atoms with Gasteiger partial charge in [0.15, 0.2) is 6.10 Å². The molecule has 0 radical (unpaired) electrons. The highest BCUT2D eigenvalue weighted by Gasteiger charge is 2.39. The lowest BCUT2D eigenvalue weighted by molar-refractivity contribution is -0.147. The minimum absolute atomic E-state index is 0.326. The van der Waals surface area contributed by atoms with E-state index in [4.69, 9.17) is 8.85 Å². The molecule has 0 fully saturated rings. The maximum Gasteiger partial charge on any atom is 0.337 e. The van der Waals surface area contributed by atoms with Crippen LogP contribution in [0, 0.1) is 0 Å². The van der Waals surface area contributed by atoms with E-state index in [0.717, 1.165) is 10.9 Å². The molecule has 0 saturated heterocycles. The Morgan fingerprint density at radius 3 is 1.52 bits per heavy atom. The molecule has 1 rings (SSSR count). The second kappa shape index (κ2) is 8.33. The molecule has 2 N–H and O–H groups in total. The van der Waals surface area contributed by atoms with E-state index in [1.807, 2.05) is 0 Å². The summed E-state index contributed by atoms with van der Waals surface area (Å²) >= 11 is 0. The van der Waals surface area contributed by atoms with Crippen LogP contribution >= 0.6 is 0 Å². The number of hydrogen-bond donors (Lipinski definition) is 2. The fraction of sp³-hybridized carbons (Fsp3) is 0.650. The molecule has 0 amide bonds. The molecule has 0 heterocycles. The van der Waals surface area contributed by atoms with E-state index in [9.17, 15) is 15.0 Å². The summed E-state index contributed by atoms with van der Waals surface area (Å²) in [6.07, 6.45) is -1.64. The highest BCUT2D eigenvalue weighted by molar-refractivity contribution is 6.99.